The summed E-state index contributed by atoms with van der Waals surface area (Å²) in [5.41, 5.74) is 4.93. The zero-order valence-electron chi connectivity index (χ0n) is 11.6. The van der Waals surface area contributed by atoms with Gasteiger partial charge in [0, 0.05) is 19.1 Å². The van der Waals surface area contributed by atoms with E-state index in [0.717, 1.165) is 18.4 Å². The summed E-state index contributed by atoms with van der Waals surface area (Å²) in [6.07, 6.45) is 5.57. The van der Waals surface area contributed by atoms with Crippen LogP contribution in [0.4, 0.5) is 0 Å². The number of aliphatic carboxylic acids is 1. The molecule has 4 nitrogen and oxygen atoms in total. The molecule has 4 heteroatoms. The Bertz CT molecular complexity index is 311. The Morgan fingerprint density at radius 3 is 2.39 bits per heavy atom. The summed E-state index contributed by atoms with van der Waals surface area (Å²) in [7, 11) is 0. The third-order valence-corrected chi connectivity index (χ3v) is 4.96. The van der Waals surface area contributed by atoms with Crippen molar-refractivity contribution in [2.45, 2.75) is 57.5 Å². The summed E-state index contributed by atoms with van der Waals surface area (Å²) in [6.45, 7) is 5.98. The summed E-state index contributed by atoms with van der Waals surface area (Å²) in [6, 6.07) is 0.560. The molecule has 1 aliphatic heterocycles. The molecule has 0 bridgehead atoms. The molecule has 18 heavy (non-hydrogen) atoms. The largest absolute Gasteiger partial charge is 0.480 e. The maximum absolute atomic E-state index is 11.1. The first-order chi connectivity index (χ1) is 8.42. The number of carboxylic acids is 1. The highest BCUT2D eigenvalue weighted by Crippen LogP contribution is 2.34. The van der Waals surface area contributed by atoms with Crippen LogP contribution >= 0.6 is 0 Å². The van der Waals surface area contributed by atoms with Gasteiger partial charge in [0.25, 0.3) is 0 Å². The third-order valence-electron chi connectivity index (χ3n) is 4.96. The van der Waals surface area contributed by atoms with E-state index in [1.807, 2.05) is 0 Å². The van der Waals surface area contributed by atoms with Crippen molar-refractivity contribution in [2.75, 3.05) is 13.1 Å². The first kappa shape index (κ1) is 13.8. The van der Waals surface area contributed by atoms with E-state index in [4.69, 9.17) is 10.8 Å². The molecule has 1 unspecified atom stereocenters. The van der Waals surface area contributed by atoms with Gasteiger partial charge in [0.1, 0.15) is 5.54 Å². The first-order valence-corrected chi connectivity index (χ1v) is 7.19. The van der Waals surface area contributed by atoms with Crippen molar-refractivity contribution in [2.24, 2.45) is 17.6 Å². The van der Waals surface area contributed by atoms with Gasteiger partial charge in [0.2, 0.25) is 0 Å². The van der Waals surface area contributed by atoms with Gasteiger partial charge in [-0.2, -0.15) is 0 Å². The molecule has 0 radical (unpaired) electrons. The first-order valence-electron chi connectivity index (χ1n) is 7.19. The van der Waals surface area contributed by atoms with Crippen LogP contribution < -0.4 is 5.73 Å². The van der Waals surface area contributed by atoms with Gasteiger partial charge in [0.15, 0.2) is 0 Å². The molecule has 1 aliphatic carbocycles. The zero-order valence-corrected chi connectivity index (χ0v) is 11.6. The van der Waals surface area contributed by atoms with Gasteiger partial charge in [-0.3, -0.25) is 9.69 Å². The molecule has 0 aromatic heterocycles. The third kappa shape index (κ3) is 2.69. The molecular weight excluding hydrogens is 228 g/mol. The topological polar surface area (TPSA) is 66.6 Å². The van der Waals surface area contributed by atoms with Gasteiger partial charge < -0.3 is 10.8 Å². The Morgan fingerprint density at radius 2 is 1.94 bits per heavy atom. The second-order valence-corrected chi connectivity index (χ2v) is 6.49. The quantitative estimate of drug-likeness (QED) is 0.804. The molecule has 2 rings (SSSR count). The monoisotopic (exact) mass is 254 g/mol. The lowest BCUT2D eigenvalue weighted by Gasteiger charge is -2.36. The molecule has 0 aromatic carbocycles. The molecule has 1 atom stereocenters. The smallest absolute Gasteiger partial charge is 0.325 e. The summed E-state index contributed by atoms with van der Waals surface area (Å²) in [4.78, 5) is 13.5. The van der Waals surface area contributed by atoms with E-state index in [1.165, 1.54) is 25.7 Å². The fourth-order valence-corrected chi connectivity index (χ4v) is 3.48. The number of nitrogens with zero attached hydrogens (tertiary/aromatic N) is 1. The zero-order chi connectivity index (χ0) is 13.3. The maximum atomic E-state index is 11.1. The Labute approximate surface area is 110 Å². The number of nitrogens with two attached hydrogens (primary N) is 1. The van der Waals surface area contributed by atoms with Crippen molar-refractivity contribution in [3.8, 4) is 0 Å². The Morgan fingerprint density at radius 1 is 1.33 bits per heavy atom. The predicted octanol–water partition coefficient (Wildman–Crippen LogP) is 1.69. The molecule has 104 valence electrons. The second-order valence-electron chi connectivity index (χ2n) is 6.49. The molecular formula is C14H26N2O2. The molecule has 1 saturated heterocycles. The van der Waals surface area contributed by atoms with Gasteiger partial charge in [-0.25, -0.2) is 0 Å². The van der Waals surface area contributed by atoms with Crippen LogP contribution in [0.1, 0.15) is 46.0 Å². The lowest BCUT2D eigenvalue weighted by molar-refractivity contribution is -0.142. The Balaban J connectivity index is 1.87. The highest BCUT2D eigenvalue weighted by Gasteiger charge is 2.43. The number of carbonyl (C=O) groups is 1. The number of hydrogen-bond acceptors (Lipinski definition) is 3. The average Bonchev–Trinajstić information content (AvgIpc) is 2.73. The average molecular weight is 254 g/mol. The fraction of sp³-hybridized carbons (Fsp3) is 0.929. The number of rotatable bonds is 3. The van der Waals surface area contributed by atoms with Crippen LogP contribution in [0.15, 0.2) is 0 Å². The highest BCUT2D eigenvalue weighted by atomic mass is 16.4. The minimum absolute atomic E-state index is 0.527. The summed E-state index contributed by atoms with van der Waals surface area (Å²) < 4.78 is 0. The van der Waals surface area contributed by atoms with Crippen LogP contribution in [-0.4, -0.2) is 40.6 Å². The van der Waals surface area contributed by atoms with Crippen molar-refractivity contribution in [1.82, 2.24) is 4.90 Å². The van der Waals surface area contributed by atoms with E-state index in [2.05, 4.69) is 18.7 Å². The molecule has 2 aliphatic rings. The van der Waals surface area contributed by atoms with Crippen LogP contribution in [0, 0.1) is 11.8 Å². The van der Waals surface area contributed by atoms with Crippen molar-refractivity contribution in [3.05, 3.63) is 0 Å². The fourth-order valence-electron chi connectivity index (χ4n) is 3.48. The number of likely N-dealkylation sites (tertiary alicyclic amines) is 1. The SMILES string of the molecule is CC(C)C1CCC(N2CCC(N)(C(=O)O)C2)CC1. The molecule has 1 saturated carbocycles. The lowest BCUT2D eigenvalue weighted by atomic mass is 9.79. The Hall–Kier alpha value is -0.610. The van der Waals surface area contributed by atoms with Crippen molar-refractivity contribution >= 4 is 5.97 Å². The van der Waals surface area contributed by atoms with Crippen LogP contribution in [0.3, 0.4) is 0 Å². The second kappa shape index (κ2) is 5.17. The van der Waals surface area contributed by atoms with Crippen LogP contribution in [0.25, 0.3) is 0 Å². The van der Waals surface area contributed by atoms with Crippen molar-refractivity contribution in [3.63, 3.8) is 0 Å². The van der Waals surface area contributed by atoms with Crippen LogP contribution in [0.5, 0.6) is 0 Å². The number of carboxylic acid groups (broad SMARTS) is 1. The maximum Gasteiger partial charge on any atom is 0.325 e. The molecule has 0 spiro atoms. The van der Waals surface area contributed by atoms with Crippen LogP contribution in [-0.2, 0) is 4.79 Å². The van der Waals surface area contributed by atoms with E-state index in [9.17, 15) is 4.79 Å². The summed E-state index contributed by atoms with van der Waals surface area (Å²) in [5.74, 6) is 0.781. The highest BCUT2D eigenvalue weighted by molar-refractivity contribution is 5.79. The standard InChI is InChI=1S/C14H26N2O2/c1-10(2)11-3-5-12(6-4-11)16-8-7-14(15,9-16)13(17)18/h10-12H,3-9,15H2,1-2H3,(H,17,18). The van der Waals surface area contributed by atoms with Gasteiger partial charge in [-0.15, -0.1) is 0 Å². The van der Waals surface area contributed by atoms with Gasteiger partial charge in [-0.05, 0) is 43.9 Å². The van der Waals surface area contributed by atoms with Gasteiger partial charge >= 0.3 is 5.97 Å². The van der Waals surface area contributed by atoms with E-state index >= 15 is 0 Å². The molecule has 0 aromatic rings. The summed E-state index contributed by atoms with van der Waals surface area (Å²) >= 11 is 0. The van der Waals surface area contributed by atoms with E-state index < -0.39 is 11.5 Å². The van der Waals surface area contributed by atoms with Gasteiger partial charge in [0.05, 0.1) is 0 Å². The summed E-state index contributed by atoms with van der Waals surface area (Å²) in [5, 5.41) is 9.15. The molecule has 1 heterocycles. The molecule has 2 fully saturated rings. The van der Waals surface area contributed by atoms with Gasteiger partial charge in [-0.1, -0.05) is 13.8 Å². The van der Waals surface area contributed by atoms with Crippen molar-refractivity contribution < 1.29 is 9.90 Å². The molecule has 0 amide bonds. The number of hydrogen-bond donors (Lipinski definition) is 2. The van der Waals surface area contributed by atoms with E-state index in [0.29, 0.717) is 19.0 Å². The molecule has 3 N–H and O–H groups in total. The van der Waals surface area contributed by atoms with E-state index in [1.54, 1.807) is 0 Å². The van der Waals surface area contributed by atoms with E-state index in [-0.39, 0.29) is 0 Å². The minimum Gasteiger partial charge on any atom is -0.480 e. The Kier molecular flexibility index (Phi) is 3.97. The van der Waals surface area contributed by atoms with Crippen molar-refractivity contribution in [1.29, 1.82) is 0 Å². The lowest BCUT2D eigenvalue weighted by Crippen LogP contribution is -2.51. The minimum atomic E-state index is -1.01. The normalized spacial score (nSPS) is 38.2. The van der Waals surface area contributed by atoms with Crippen LogP contribution in [0.2, 0.25) is 0 Å². The predicted molar refractivity (Wildman–Crippen MR) is 71.3 cm³/mol.